The van der Waals surface area contributed by atoms with E-state index in [1.54, 1.807) is 0 Å². The summed E-state index contributed by atoms with van der Waals surface area (Å²) in [5.74, 6) is 2.52. The van der Waals surface area contributed by atoms with E-state index >= 15 is 0 Å². The van der Waals surface area contributed by atoms with E-state index in [4.69, 9.17) is 4.52 Å². The van der Waals surface area contributed by atoms with Gasteiger partial charge in [0.05, 0.1) is 5.75 Å². The molecule has 0 aliphatic carbocycles. The van der Waals surface area contributed by atoms with E-state index in [0.29, 0.717) is 22.6 Å². The predicted octanol–water partition coefficient (Wildman–Crippen LogP) is 4.21. The highest BCUT2D eigenvalue weighted by atomic mass is 79.9. The van der Waals surface area contributed by atoms with Gasteiger partial charge in [0.15, 0.2) is 0 Å². The van der Waals surface area contributed by atoms with Gasteiger partial charge >= 0.3 is 0 Å². The summed E-state index contributed by atoms with van der Waals surface area (Å²) in [6.45, 7) is 6.26. The summed E-state index contributed by atoms with van der Waals surface area (Å²) in [6, 6.07) is 7.78. The highest BCUT2D eigenvalue weighted by Crippen LogP contribution is 2.25. The molecule has 6 nitrogen and oxygen atoms in total. The molecule has 3 aromatic rings. The Labute approximate surface area is 146 Å². The van der Waals surface area contributed by atoms with Crippen molar-refractivity contribution in [1.29, 1.82) is 0 Å². The minimum Gasteiger partial charge on any atom is -0.338 e. The first-order chi connectivity index (χ1) is 10.9. The first-order valence-electron chi connectivity index (χ1n) is 7.06. The number of nitrogens with zero attached hydrogens (tertiary/aromatic N) is 4. The fraction of sp³-hybridized carbons (Fsp3) is 0.333. The third kappa shape index (κ3) is 4.00. The fourth-order valence-electron chi connectivity index (χ4n) is 1.83. The van der Waals surface area contributed by atoms with Gasteiger partial charge < -0.3 is 4.52 Å². The molecule has 0 radical (unpaired) electrons. The molecule has 0 aliphatic heterocycles. The van der Waals surface area contributed by atoms with Crippen molar-refractivity contribution in [2.24, 2.45) is 0 Å². The first kappa shape index (κ1) is 16.2. The van der Waals surface area contributed by atoms with E-state index in [1.807, 2.05) is 24.3 Å². The molecule has 0 saturated carbocycles. The number of hydrogen-bond donors (Lipinski definition) is 1. The summed E-state index contributed by atoms with van der Waals surface area (Å²) in [6.07, 6.45) is 0. The molecular formula is C15H16BrN5OS. The van der Waals surface area contributed by atoms with E-state index in [0.717, 1.165) is 15.9 Å². The summed E-state index contributed by atoms with van der Waals surface area (Å²) in [7, 11) is 0. The average Bonchev–Trinajstić information content (AvgIpc) is 3.14. The van der Waals surface area contributed by atoms with Gasteiger partial charge in [-0.2, -0.15) is 4.98 Å². The third-order valence-corrected chi connectivity index (χ3v) is 4.38. The maximum atomic E-state index is 5.29. The largest absolute Gasteiger partial charge is 0.338 e. The van der Waals surface area contributed by atoms with Gasteiger partial charge in [-0.05, 0) is 12.1 Å². The molecule has 1 aromatic carbocycles. The highest BCUT2D eigenvalue weighted by Gasteiger charge is 2.19. The van der Waals surface area contributed by atoms with Gasteiger partial charge in [0.1, 0.15) is 5.82 Å². The van der Waals surface area contributed by atoms with Crippen LogP contribution in [0.15, 0.2) is 38.4 Å². The summed E-state index contributed by atoms with van der Waals surface area (Å²) in [4.78, 5) is 8.88. The Balaban J connectivity index is 1.67. The van der Waals surface area contributed by atoms with Crippen molar-refractivity contribution in [2.45, 2.75) is 37.1 Å². The Morgan fingerprint density at radius 3 is 2.78 bits per heavy atom. The number of nitrogens with one attached hydrogen (secondary N) is 1. The Kier molecular flexibility index (Phi) is 4.54. The van der Waals surface area contributed by atoms with Crippen LogP contribution in [0.2, 0.25) is 0 Å². The molecule has 0 bridgehead atoms. The lowest BCUT2D eigenvalue weighted by atomic mass is 9.96. The zero-order chi connectivity index (χ0) is 16.4. The monoisotopic (exact) mass is 393 g/mol. The number of H-pyrrole nitrogens is 1. The molecule has 0 unspecified atom stereocenters. The van der Waals surface area contributed by atoms with Crippen molar-refractivity contribution in [1.82, 2.24) is 25.3 Å². The van der Waals surface area contributed by atoms with Crippen LogP contribution in [0.25, 0.3) is 11.4 Å². The number of halogens is 1. The van der Waals surface area contributed by atoms with Crippen LogP contribution in [0.5, 0.6) is 0 Å². The van der Waals surface area contributed by atoms with Crippen molar-refractivity contribution in [2.75, 3.05) is 0 Å². The maximum Gasteiger partial charge on any atom is 0.237 e. The second kappa shape index (κ2) is 6.45. The number of aromatic amines is 1. The Morgan fingerprint density at radius 2 is 2.09 bits per heavy atom. The molecule has 1 N–H and O–H groups in total. The number of thioether (sulfide) groups is 1. The van der Waals surface area contributed by atoms with Crippen molar-refractivity contribution >= 4 is 27.7 Å². The van der Waals surface area contributed by atoms with Crippen LogP contribution in [0.4, 0.5) is 0 Å². The van der Waals surface area contributed by atoms with Gasteiger partial charge in [0.2, 0.25) is 16.9 Å². The van der Waals surface area contributed by atoms with E-state index in [1.165, 1.54) is 11.8 Å². The van der Waals surface area contributed by atoms with E-state index in [2.05, 4.69) is 62.0 Å². The second-order valence-corrected chi connectivity index (χ2v) is 7.89. The first-order valence-corrected chi connectivity index (χ1v) is 8.84. The molecule has 0 amide bonds. The lowest BCUT2D eigenvalue weighted by Crippen LogP contribution is -2.13. The molecule has 0 saturated heterocycles. The standard InChI is InChI=1S/C15H16BrN5OS/c1-15(2,3)13-18-14(20-19-13)23-8-11-17-12(21-22-11)9-5-4-6-10(16)7-9/h4-7H,8H2,1-3H3,(H,18,19,20). The van der Waals surface area contributed by atoms with E-state index in [-0.39, 0.29) is 5.41 Å². The van der Waals surface area contributed by atoms with Crippen LogP contribution in [-0.4, -0.2) is 25.3 Å². The van der Waals surface area contributed by atoms with Crippen LogP contribution < -0.4 is 0 Å². The summed E-state index contributed by atoms with van der Waals surface area (Å²) in [5, 5.41) is 11.9. The molecule has 8 heteroatoms. The molecule has 0 aliphatic rings. The normalized spacial score (nSPS) is 11.8. The van der Waals surface area contributed by atoms with Gasteiger partial charge in [-0.15, -0.1) is 5.10 Å². The van der Waals surface area contributed by atoms with Crippen molar-refractivity contribution < 1.29 is 4.52 Å². The van der Waals surface area contributed by atoms with E-state index < -0.39 is 0 Å². The molecular weight excluding hydrogens is 378 g/mol. The minimum absolute atomic E-state index is 0.0514. The minimum atomic E-state index is -0.0514. The van der Waals surface area contributed by atoms with Crippen molar-refractivity contribution in [3.05, 3.63) is 40.5 Å². The quantitative estimate of drug-likeness (QED) is 0.668. The average molecular weight is 394 g/mol. The third-order valence-electron chi connectivity index (χ3n) is 3.05. The van der Waals surface area contributed by atoms with Crippen LogP contribution in [0.3, 0.4) is 0 Å². The molecule has 0 fully saturated rings. The zero-order valence-corrected chi connectivity index (χ0v) is 15.4. The molecule has 120 valence electrons. The predicted molar refractivity (Wildman–Crippen MR) is 92.1 cm³/mol. The molecule has 0 spiro atoms. The van der Waals surface area contributed by atoms with Gasteiger partial charge in [-0.25, -0.2) is 4.98 Å². The fourth-order valence-corrected chi connectivity index (χ4v) is 2.87. The van der Waals surface area contributed by atoms with Gasteiger partial charge in [0, 0.05) is 15.5 Å². The van der Waals surface area contributed by atoms with Crippen molar-refractivity contribution in [3.8, 4) is 11.4 Å². The van der Waals surface area contributed by atoms with Crippen LogP contribution >= 0.6 is 27.7 Å². The zero-order valence-electron chi connectivity index (χ0n) is 13.0. The SMILES string of the molecule is CC(C)(C)c1nc(SCc2nc(-c3cccc(Br)c3)no2)n[nH]1. The Morgan fingerprint density at radius 1 is 1.26 bits per heavy atom. The molecule has 0 atom stereocenters. The van der Waals surface area contributed by atoms with Crippen LogP contribution in [-0.2, 0) is 11.2 Å². The molecule has 3 rings (SSSR count). The lowest BCUT2D eigenvalue weighted by Gasteiger charge is -2.12. The second-order valence-electron chi connectivity index (χ2n) is 6.03. The summed E-state index contributed by atoms with van der Waals surface area (Å²) < 4.78 is 6.27. The number of rotatable bonds is 4. The Hall–Kier alpha value is -1.67. The van der Waals surface area contributed by atoms with Crippen LogP contribution in [0, 0.1) is 0 Å². The summed E-state index contributed by atoms with van der Waals surface area (Å²) >= 11 is 4.90. The van der Waals surface area contributed by atoms with Gasteiger partial charge in [-0.1, -0.05) is 65.8 Å². The smallest absolute Gasteiger partial charge is 0.237 e. The number of hydrogen-bond acceptors (Lipinski definition) is 6. The van der Waals surface area contributed by atoms with Crippen LogP contribution in [0.1, 0.15) is 32.5 Å². The van der Waals surface area contributed by atoms with Gasteiger partial charge in [0.25, 0.3) is 0 Å². The van der Waals surface area contributed by atoms with E-state index in [9.17, 15) is 0 Å². The molecule has 2 aromatic heterocycles. The summed E-state index contributed by atoms with van der Waals surface area (Å²) in [5.41, 5.74) is 0.858. The molecule has 23 heavy (non-hydrogen) atoms. The van der Waals surface area contributed by atoms with Crippen molar-refractivity contribution in [3.63, 3.8) is 0 Å². The molecule has 2 heterocycles. The van der Waals surface area contributed by atoms with Gasteiger partial charge in [-0.3, -0.25) is 5.10 Å². The topological polar surface area (TPSA) is 80.5 Å². The Bertz CT molecular complexity index is 808. The maximum absolute atomic E-state index is 5.29. The highest BCUT2D eigenvalue weighted by molar-refractivity contribution is 9.10. The lowest BCUT2D eigenvalue weighted by molar-refractivity contribution is 0.391. The number of aromatic nitrogens is 5. The number of benzene rings is 1.